The van der Waals surface area contributed by atoms with Gasteiger partial charge in [-0.25, -0.2) is 9.59 Å². The highest BCUT2D eigenvalue weighted by molar-refractivity contribution is 7.12. The molecule has 1 fully saturated rings. The van der Waals surface area contributed by atoms with Crippen molar-refractivity contribution in [3.8, 4) is 0 Å². The lowest BCUT2D eigenvalue weighted by molar-refractivity contribution is -0.116. The number of piperidine rings is 1. The maximum absolute atomic E-state index is 12.4. The molecule has 2 amide bonds. The molecule has 8 heteroatoms. The Hall–Kier alpha value is -2.09. The van der Waals surface area contributed by atoms with E-state index in [0.717, 1.165) is 18.4 Å². The smallest absolute Gasteiger partial charge is 0.410 e. The van der Waals surface area contributed by atoms with Gasteiger partial charge in [-0.15, -0.1) is 11.3 Å². The first-order chi connectivity index (χ1) is 13.0. The van der Waals surface area contributed by atoms with E-state index < -0.39 is 11.6 Å². The molecule has 28 heavy (non-hydrogen) atoms. The lowest BCUT2D eigenvalue weighted by Gasteiger charge is -2.35. The summed E-state index contributed by atoms with van der Waals surface area (Å²) in [7, 11) is 1.34. The number of ether oxygens (including phenoxy) is 2. The van der Waals surface area contributed by atoms with E-state index in [1.807, 2.05) is 33.1 Å². The van der Waals surface area contributed by atoms with Crippen molar-refractivity contribution in [2.24, 2.45) is 5.92 Å². The van der Waals surface area contributed by atoms with Crippen LogP contribution in [0.1, 0.15) is 55.8 Å². The number of rotatable bonds is 4. The Labute approximate surface area is 170 Å². The van der Waals surface area contributed by atoms with Crippen molar-refractivity contribution in [1.82, 2.24) is 4.90 Å². The van der Waals surface area contributed by atoms with Crippen LogP contribution in [0.25, 0.3) is 0 Å². The Morgan fingerprint density at radius 1 is 1.25 bits per heavy atom. The number of esters is 1. The number of hydrogen-bond donors (Lipinski definition) is 0. The van der Waals surface area contributed by atoms with Gasteiger partial charge in [-0.1, -0.05) is 0 Å². The average Bonchev–Trinajstić information content (AvgIpc) is 2.99. The van der Waals surface area contributed by atoms with E-state index in [0.29, 0.717) is 30.2 Å². The summed E-state index contributed by atoms with van der Waals surface area (Å²) in [5.41, 5.74) is 1.01. The SMILES string of the molecule is COC(=O)c1scc(C)c1N(CC1CCN(C(=O)OC(C)(C)C)CC1)C(C)=O. The van der Waals surface area contributed by atoms with E-state index >= 15 is 0 Å². The first kappa shape index (κ1) is 22.2. The number of nitrogens with zero attached hydrogens (tertiary/aromatic N) is 2. The topological polar surface area (TPSA) is 76.2 Å². The lowest BCUT2D eigenvalue weighted by atomic mass is 9.96. The largest absolute Gasteiger partial charge is 0.465 e. The molecule has 0 bridgehead atoms. The fraction of sp³-hybridized carbons (Fsp3) is 0.650. The maximum Gasteiger partial charge on any atom is 0.410 e. The van der Waals surface area contributed by atoms with Gasteiger partial charge in [0, 0.05) is 26.6 Å². The molecule has 2 heterocycles. The molecule has 0 atom stereocenters. The number of amides is 2. The molecular formula is C20H30N2O5S. The number of carbonyl (C=O) groups excluding carboxylic acids is 3. The van der Waals surface area contributed by atoms with Crippen molar-refractivity contribution in [1.29, 1.82) is 0 Å². The van der Waals surface area contributed by atoms with Gasteiger partial charge < -0.3 is 19.3 Å². The van der Waals surface area contributed by atoms with Crippen LogP contribution in [0.4, 0.5) is 10.5 Å². The second-order valence-corrected chi connectivity index (χ2v) is 9.01. The van der Waals surface area contributed by atoms with Crippen molar-refractivity contribution in [3.63, 3.8) is 0 Å². The monoisotopic (exact) mass is 410 g/mol. The predicted molar refractivity (Wildman–Crippen MR) is 109 cm³/mol. The summed E-state index contributed by atoms with van der Waals surface area (Å²) in [6.07, 6.45) is 1.26. The first-order valence-electron chi connectivity index (χ1n) is 9.46. The average molecular weight is 411 g/mol. The lowest BCUT2D eigenvalue weighted by Crippen LogP contribution is -2.44. The Morgan fingerprint density at radius 2 is 1.86 bits per heavy atom. The minimum absolute atomic E-state index is 0.110. The molecule has 0 unspecified atom stereocenters. The van der Waals surface area contributed by atoms with Crippen LogP contribution in [0.15, 0.2) is 5.38 Å². The third-order valence-corrected chi connectivity index (χ3v) is 5.74. The molecule has 156 valence electrons. The molecular weight excluding hydrogens is 380 g/mol. The van der Waals surface area contributed by atoms with Crippen LogP contribution in [0, 0.1) is 12.8 Å². The highest BCUT2D eigenvalue weighted by atomic mass is 32.1. The number of hydrogen-bond acceptors (Lipinski definition) is 6. The number of thiophene rings is 1. The fourth-order valence-electron chi connectivity index (χ4n) is 3.27. The van der Waals surface area contributed by atoms with Crippen LogP contribution in [0.3, 0.4) is 0 Å². The number of carbonyl (C=O) groups is 3. The molecule has 1 saturated heterocycles. The number of aryl methyl sites for hydroxylation is 1. The van der Waals surface area contributed by atoms with Crippen LogP contribution < -0.4 is 4.90 Å². The van der Waals surface area contributed by atoms with E-state index in [1.165, 1.54) is 25.4 Å². The van der Waals surface area contributed by atoms with E-state index in [2.05, 4.69) is 0 Å². The van der Waals surface area contributed by atoms with Gasteiger partial charge in [0.2, 0.25) is 5.91 Å². The van der Waals surface area contributed by atoms with Gasteiger partial charge in [0.25, 0.3) is 0 Å². The summed E-state index contributed by atoms with van der Waals surface area (Å²) >= 11 is 1.29. The highest BCUT2D eigenvalue weighted by Crippen LogP contribution is 2.33. The van der Waals surface area contributed by atoms with Gasteiger partial charge in [-0.05, 0) is 57.4 Å². The van der Waals surface area contributed by atoms with Crippen LogP contribution in [0.5, 0.6) is 0 Å². The molecule has 0 N–H and O–H groups in total. The van der Waals surface area contributed by atoms with Gasteiger partial charge >= 0.3 is 12.1 Å². The van der Waals surface area contributed by atoms with Crippen LogP contribution in [-0.4, -0.2) is 55.2 Å². The number of anilines is 1. The van der Waals surface area contributed by atoms with Crippen LogP contribution in [-0.2, 0) is 14.3 Å². The molecule has 1 aliphatic heterocycles. The Kier molecular flexibility index (Phi) is 7.09. The molecule has 0 radical (unpaired) electrons. The molecule has 0 aliphatic carbocycles. The molecule has 7 nitrogen and oxygen atoms in total. The van der Waals surface area contributed by atoms with Gasteiger partial charge in [0.15, 0.2) is 0 Å². The van der Waals surface area contributed by atoms with E-state index in [-0.39, 0.29) is 17.9 Å². The summed E-state index contributed by atoms with van der Waals surface area (Å²) in [5.74, 6) is -0.298. The van der Waals surface area contributed by atoms with Crippen molar-refractivity contribution in [2.45, 2.75) is 53.1 Å². The minimum Gasteiger partial charge on any atom is -0.465 e. The van der Waals surface area contributed by atoms with Crippen molar-refractivity contribution in [3.05, 3.63) is 15.8 Å². The van der Waals surface area contributed by atoms with E-state index in [4.69, 9.17) is 9.47 Å². The highest BCUT2D eigenvalue weighted by Gasteiger charge is 2.30. The van der Waals surface area contributed by atoms with E-state index in [9.17, 15) is 14.4 Å². The third kappa shape index (κ3) is 5.47. The Morgan fingerprint density at radius 3 is 2.36 bits per heavy atom. The maximum atomic E-state index is 12.4. The molecule has 0 spiro atoms. The fourth-order valence-corrected chi connectivity index (χ4v) is 4.24. The minimum atomic E-state index is -0.514. The van der Waals surface area contributed by atoms with Crippen molar-refractivity contribution >= 4 is 35.0 Å². The van der Waals surface area contributed by atoms with Gasteiger partial charge in [0.05, 0.1) is 12.8 Å². The predicted octanol–water partition coefficient (Wildman–Crippen LogP) is 3.84. The molecule has 0 aromatic carbocycles. The normalized spacial score (nSPS) is 15.3. The van der Waals surface area contributed by atoms with Crippen molar-refractivity contribution in [2.75, 3.05) is 31.6 Å². The zero-order valence-electron chi connectivity index (χ0n) is 17.5. The van der Waals surface area contributed by atoms with E-state index in [1.54, 1.807) is 9.80 Å². The summed E-state index contributed by atoms with van der Waals surface area (Å²) in [4.78, 5) is 40.5. The molecule has 0 saturated carbocycles. The quantitative estimate of drug-likeness (QED) is 0.705. The number of methoxy groups -OCH3 is 1. The molecule has 1 aliphatic rings. The summed E-state index contributed by atoms with van der Waals surface area (Å²) < 4.78 is 10.3. The standard InChI is InChI=1S/C20H30N2O5S/c1-13-12-28-17(18(24)26-6)16(13)22(14(2)23)11-15-7-9-21(10-8-15)19(25)27-20(3,4)5/h12,15H,7-11H2,1-6H3. The first-order valence-corrected chi connectivity index (χ1v) is 10.3. The third-order valence-electron chi connectivity index (χ3n) is 4.67. The summed E-state index contributed by atoms with van der Waals surface area (Å²) in [5, 5.41) is 1.86. The number of likely N-dealkylation sites (tertiary alicyclic amines) is 1. The molecule has 2 rings (SSSR count). The molecule has 1 aromatic rings. The zero-order chi connectivity index (χ0) is 21.1. The summed E-state index contributed by atoms with van der Waals surface area (Å²) in [6.45, 7) is 10.7. The van der Waals surface area contributed by atoms with Crippen molar-refractivity contribution < 1.29 is 23.9 Å². The zero-order valence-corrected chi connectivity index (χ0v) is 18.4. The van der Waals surface area contributed by atoms with Gasteiger partial charge in [-0.3, -0.25) is 4.79 Å². The van der Waals surface area contributed by atoms with Crippen LogP contribution >= 0.6 is 11.3 Å². The summed E-state index contributed by atoms with van der Waals surface area (Å²) in [6, 6.07) is 0. The van der Waals surface area contributed by atoms with Crippen LogP contribution in [0.2, 0.25) is 0 Å². The Balaban J connectivity index is 2.06. The Bertz CT molecular complexity index is 729. The van der Waals surface area contributed by atoms with Gasteiger partial charge in [0.1, 0.15) is 10.5 Å². The molecule has 1 aromatic heterocycles. The second-order valence-electron chi connectivity index (χ2n) is 8.13. The second kappa shape index (κ2) is 8.94. The van der Waals surface area contributed by atoms with Gasteiger partial charge in [-0.2, -0.15) is 0 Å².